The van der Waals surface area contributed by atoms with Crippen LogP contribution in [-0.4, -0.2) is 40.3 Å². The number of piperidine rings is 1. The lowest BCUT2D eigenvalue weighted by Crippen LogP contribution is -2.43. The van der Waals surface area contributed by atoms with Crippen molar-refractivity contribution in [3.05, 3.63) is 35.0 Å². The fourth-order valence-electron chi connectivity index (χ4n) is 3.58. The molecule has 0 radical (unpaired) electrons. The van der Waals surface area contributed by atoms with Crippen LogP contribution in [0.25, 0.3) is 16.0 Å². The maximum atomic E-state index is 12.4. The van der Waals surface area contributed by atoms with Crippen LogP contribution in [0.2, 0.25) is 5.02 Å². The number of hydrogen-bond donors (Lipinski definition) is 1. The summed E-state index contributed by atoms with van der Waals surface area (Å²) in [6.45, 7) is 6.47. The zero-order valence-corrected chi connectivity index (χ0v) is 17.7. The first-order valence-corrected chi connectivity index (χ1v) is 10.9. The molecule has 1 N–H and O–H groups in total. The van der Waals surface area contributed by atoms with Gasteiger partial charge in [0.05, 0.1) is 22.0 Å². The molecule has 28 heavy (non-hydrogen) atoms. The number of halogens is 1. The van der Waals surface area contributed by atoms with Gasteiger partial charge in [0.25, 0.3) is 0 Å². The molecule has 1 atom stereocenters. The molecular weight excluding hydrogens is 394 g/mol. The van der Waals surface area contributed by atoms with Gasteiger partial charge in [0, 0.05) is 24.7 Å². The molecule has 0 saturated carbocycles. The molecule has 1 aromatic carbocycles. The number of hydrogen-bond acceptors (Lipinski definition) is 5. The minimum Gasteiger partial charge on any atom is -0.356 e. The number of aryl methyl sites for hydroxylation is 1. The van der Waals surface area contributed by atoms with E-state index in [4.69, 9.17) is 16.6 Å². The zero-order valence-electron chi connectivity index (χ0n) is 16.1. The number of thiazole rings is 1. The highest BCUT2D eigenvalue weighted by Crippen LogP contribution is 2.34. The van der Waals surface area contributed by atoms with Crippen LogP contribution in [0.15, 0.2) is 24.3 Å². The maximum Gasteiger partial charge on any atom is 0.224 e. The first-order valence-electron chi connectivity index (χ1n) is 9.71. The summed E-state index contributed by atoms with van der Waals surface area (Å²) in [7, 11) is 0. The fourth-order valence-corrected chi connectivity index (χ4v) is 4.73. The number of anilines is 1. The summed E-state index contributed by atoms with van der Waals surface area (Å²) >= 11 is 7.67. The lowest BCUT2D eigenvalue weighted by molar-refractivity contribution is -0.125. The van der Waals surface area contributed by atoms with Crippen LogP contribution in [0.1, 0.15) is 31.9 Å². The molecule has 8 heteroatoms. The lowest BCUT2D eigenvalue weighted by atomic mass is 9.97. The number of carbonyl (C=O) groups excluding carboxylic acids is 1. The van der Waals surface area contributed by atoms with Gasteiger partial charge in [-0.25, -0.2) is 4.68 Å². The van der Waals surface area contributed by atoms with Crippen molar-refractivity contribution >= 4 is 44.3 Å². The molecule has 3 aromatic rings. The van der Waals surface area contributed by atoms with Crippen molar-refractivity contribution in [1.29, 1.82) is 0 Å². The Morgan fingerprint density at radius 2 is 2.14 bits per heavy atom. The molecular formula is C20H24ClN5OS. The third-order valence-electron chi connectivity index (χ3n) is 5.06. The molecule has 0 aliphatic carbocycles. The number of nitrogens with one attached hydrogen (secondary N) is 1. The van der Waals surface area contributed by atoms with Gasteiger partial charge in [-0.2, -0.15) is 10.1 Å². The van der Waals surface area contributed by atoms with Gasteiger partial charge in [0.2, 0.25) is 5.91 Å². The number of rotatable bonds is 5. The van der Waals surface area contributed by atoms with Crippen molar-refractivity contribution in [1.82, 2.24) is 20.1 Å². The Labute approximate surface area is 173 Å². The minimum absolute atomic E-state index is 0.0289. The highest BCUT2D eigenvalue weighted by Gasteiger charge is 2.28. The Balaban J connectivity index is 1.60. The first kappa shape index (κ1) is 19.2. The van der Waals surface area contributed by atoms with E-state index in [0.29, 0.717) is 5.02 Å². The number of benzene rings is 1. The summed E-state index contributed by atoms with van der Waals surface area (Å²) in [5.74, 6) is 0.192. The molecule has 3 heterocycles. The van der Waals surface area contributed by atoms with E-state index in [0.717, 1.165) is 65.8 Å². The molecule has 148 valence electrons. The standard InChI is InChI=1S/C20H24ClN5OS/c1-3-10-22-19(27)14-5-4-11-25(12-14)20-23-18-17(28-20)13(2)24-26(18)16-8-6-15(21)7-9-16/h6-9,14H,3-5,10-12H2,1-2H3,(H,22,27)/t14-/m1/s1. The highest BCUT2D eigenvalue weighted by molar-refractivity contribution is 7.22. The number of amides is 1. The Bertz CT molecular complexity index is 981. The van der Waals surface area contributed by atoms with E-state index >= 15 is 0 Å². The average Bonchev–Trinajstić information content (AvgIpc) is 3.28. The van der Waals surface area contributed by atoms with E-state index in [1.165, 1.54) is 0 Å². The van der Waals surface area contributed by atoms with E-state index in [-0.39, 0.29) is 11.8 Å². The summed E-state index contributed by atoms with van der Waals surface area (Å²) in [5.41, 5.74) is 2.76. The van der Waals surface area contributed by atoms with Gasteiger partial charge in [0.15, 0.2) is 10.8 Å². The van der Waals surface area contributed by atoms with Gasteiger partial charge < -0.3 is 10.2 Å². The normalized spacial score (nSPS) is 17.2. The summed E-state index contributed by atoms with van der Waals surface area (Å²) in [4.78, 5) is 19.5. The Hall–Kier alpha value is -2.12. The van der Waals surface area contributed by atoms with E-state index in [1.54, 1.807) is 11.3 Å². The summed E-state index contributed by atoms with van der Waals surface area (Å²) in [6, 6.07) is 7.61. The van der Waals surface area contributed by atoms with Crippen LogP contribution < -0.4 is 10.2 Å². The van der Waals surface area contributed by atoms with Crippen LogP contribution in [0.4, 0.5) is 5.13 Å². The predicted molar refractivity (Wildman–Crippen MR) is 115 cm³/mol. The third-order valence-corrected chi connectivity index (χ3v) is 6.53. The Morgan fingerprint density at radius 3 is 2.89 bits per heavy atom. The smallest absolute Gasteiger partial charge is 0.224 e. The number of fused-ring (bicyclic) bond motifs is 1. The van der Waals surface area contributed by atoms with Crippen molar-refractivity contribution < 1.29 is 4.79 Å². The fraction of sp³-hybridized carbons (Fsp3) is 0.450. The van der Waals surface area contributed by atoms with Crippen molar-refractivity contribution in [2.45, 2.75) is 33.1 Å². The molecule has 2 aromatic heterocycles. The van der Waals surface area contributed by atoms with Crippen LogP contribution >= 0.6 is 22.9 Å². The number of aromatic nitrogens is 3. The highest BCUT2D eigenvalue weighted by atomic mass is 35.5. The Morgan fingerprint density at radius 1 is 1.36 bits per heavy atom. The molecule has 4 rings (SSSR count). The minimum atomic E-state index is 0.0289. The molecule has 1 fully saturated rings. The van der Waals surface area contributed by atoms with Crippen LogP contribution in [0.3, 0.4) is 0 Å². The Kier molecular flexibility index (Phi) is 5.55. The van der Waals surface area contributed by atoms with E-state index in [9.17, 15) is 4.79 Å². The van der Waals surface area contributed by atoms with Gasteiger partial charge in [0.1, 0.15) is 0 Å². The quantitative estimate of drug-likeness (QED) is 0.676. The van der Waals surface area contributed by atoms with Crippen LogP contribution in [0, 0.1) is 12.8 Å². The second-order valence-electron chi connectivity index (χ2n) is 7.20. The topological polar surface area (TPSA) is 63.1 Å². The first-order chi connectivity index (χ1) is 13.6. The predicted octanol–water partition coefficient (Wildman–Crippen LogP) is 4.19. The maximum absolute atomic E-state index is 12.4. The average molecular weight is 418 g/mol. The molecule has 1 aliphatic heterocycles. The SMILES string of the molecule is CCCNC(=O)[C@@H]1CCCN(c2nc3c(s2)c(C)nn3-c2ccc(Cl)cc2)C1. The summed E-state index contributed by atoms with van der Waals surface area (Å²) < 4.78 is 2.96. The van der Waals surface area contributed by atoms with Gasteiger partial charge in [-0.1, -0.05) is 29.9 Å². The molecule has 6 nitrogen and oxygen atoms in total. The monoisotopic (exact) mass is 417 g/mol. The second kappa shape index (κ2) is 8.09. The van der Waals surface area contributed by atoms with E-state index in [1.807, 2.05) is 35.9 Å². The van der Waals surface area contributed by atoms with Crippen LogP contribution in [-0.2, 0) is 4.79 Å². The van der Waals surface area contributed by atoms with Crippen molar-refractivity contribution in [3.63, 3.8) is 0 Å². The number of nitrogens with zero attached hydrogens (tertiary/aromatic N) is 4. The van der Waals surface area contributed by atoms with Crippen molar-refractivity contribution in [2.24, 2.45) is 5.92 Å². The van der Waals surface area contributed by atoms with Gasteiger partial charge in [-0.3, -0.25) is 4.79 Å². The molecule has 1 saturated heterocycles. The molecule has 0 bridgehead atoms. The van der Waals surface area contributed by atoms with Gasteiger partial charge in [-0.05, 0) is 50.5 Å². The summed E-state index contributed by atoms with van der Waals surface area (Å²) in [5, 5.41) is 9.35. The molecule has 0 unspecified atom stereocenters. The van der Waals surface area contributed by atoms with Crippen LogP contribution in [0.5, 0.6) is 0 Å². The van der Waals surface area contributed by atoms with E-state index < -0.39 is 0 Å². The summed E-state index contributed by atoms with van der Waals surface area (Å²) in [6.07, 6.45) is 2.90. The third kappa shape index (κ3) is 3.73. The molecule has 1 amide bonds. The van der Waals surface area contributed by atoms with Gasteiger partial charge in [-0.15, -0.1) is 0 Å². The lowest BCUT2D eigenvalue weighted by Gasteiger charge is -2.31. The second-order valence-corrected chi connectivity index (χ2v) is 8.61. The van der Waals surface area contributed by atoms with Crippen molar-refractivity contribution in [2.75, 3.05) is 24.5 Å². The van der Waals surface area contributed by atoms with E-state index in [2.05, 4.69) is 22.2 Å². The molecule has 0 spiro atoms. The molecule has 1 aliphatic rings. The number of carbonyl (C=O) groups is 1. The largest absolute Gasteiger partial charge is 0.356 e. The van der Waals surface area contributed by atoms with Gasteiger partial charge >= 0.3 is 0 Å². The van der Waals surface area contributed by atoms with Crippen molar-refractivity contribution in [3.8, 4) is 5.69 Å². The zero-order chi connectivity index (χ0) is 19.7.